The monoisotopic (exact) mass is 312 g/mol. The lowest BCUT2D eigenvalue weighted by atomic mass is 10.1. The summed E-state index contributed by atoms with van der Waals surface area (Å²) in [5, 5.41) is 5.36. The van der Waals surface area contributed by atoms with Gasteiger partial charge >= 0.3 is 0 Å². The molecule has 23 heavy (non-hydrogen) atoms. The van der Waals surface area contributed by atoms with E-state index in [1.54, 1.807) is 24.3 Å². The molecule has 0 aromatic heterocycles. The highest BCUT2D eigenvalue weighted by molar-refractivity contribution is 5.96. The average Bonchev–Trinajstić information content (AvgIpc) is 2.59. The summed E-state index contributed by atoms with van der Waals surface area (Å²) in [6.07, 6.45) is 0. The minimum absolute atomic E-state index is 0.0676. The predicted octanol–water partition coefficient (Wildman–Crippen LogP) is 2.05. The van der Waals surface area contributed by atoms with E-state index in [0.29, 0.717) is 17.9 Å². The summed E-state index contributed by atoms with van der Waals surface area (Å²) in [4.78, 5) is 23.8. The molecule has 2 amide bonds. The highest BCUT2D eigenvalue weighted by Gasteiger charge is 2.08. The Hall–Kier alpha value is -2.82. The number of methoxy groups -OCH3 is 1. The normalized spacial score (nSPS) is 10.0. The molecular formula is C18H20N2O3. The molecule has 5 nitrogen and oxygen atoms in total. The number of ether oxygens (including phenoxy) is 1. The molecule has 0 aliphatic heterocycles. The smallest absolute Gasteiger partial charge is 0.251 e. The van der Waals surface area contributed by atoms with Crippen LogP contribution in [0.3, 0.4) is 0 Å². The zero-order valence-electron chi connectivity index (χ0n) is 13.3. The zero-order valence-corrected chi connectivity index (χ0v) is 13.3. The Morgan fingerprint density at radius 1 is 1.04 bits per heavy atom. The van der Waals surface area contributed by atoms with Gasteiger partial charge in [-0.2, -0.15) is 0 Å². The molecule has 0 heterocycles. The van der Waals surface area contributed by atoms with Gasteiger partial charge in [0.1, 0.15) is 5.75 Å². The first-order valence-corrected chi connectivity index (χ1v) is 7.33. The molecule has 0 saturated heterocycles. The number of nitrogens with one attached hydrogen (secondary N) is 2. The van der Waals surface area contributed by atoms with Gasteiger partial charge in [-0.05, 0) is 30.7 Å². The van der Waals surface area contributed by atoms with Crippen LogP contribution in [0.25, 0.3) is 0 Å². The van der Waals surface area contributed by atoms with E-state index in [2.05, 4.69) is 10.6 Å². The molecule has 0 atom stereocenters. The quantitative estimate of drug-likeness (QED) is 0.858. The minimum Gasteiger partial charge on any atom is -0.497 e. The van der Waals surface area contributed by atoms with Gasteiger partial charge in [-0.15, -0.1) is 0 Å². The van der Waals surface area contributed by atoms with Gasteiger partial charge in [-0.25, -0.2) is 0 Å². The second kappa shape index (κ2) is 7.98. The fourth-order valence-electron chi connectivity index (χ4n) is 2.00. The van der Waals surface area contributed by atoms with Crippen molar-refractivity contribution in [1.29, 1.82) is 0 Å². The second-order valence-corrected chi connectivity index (χ2v) is 5.18. The predicted molar refractivity (Wildman–Crippen MR) is 88.4 cm³/mol. The van der Waals surface area contributed by atoms with E-state index < -0.39 is 0 Å². The van der Waals surface area contributed by atoms with Gasteiger partial charge in [0, 0.05) is 12.1 Å². The number of aryl methyl sites for hydroxylation is 1. The van der Waals surface area contributed by atoms with Crippen LogP contribution in [0.1, 0.15) is 21.5 Å². The lowest BCUT2D eigenvalue weighted by Gasteiger charge is -2.08. The van der Waals surface area contributed by atoms with Crippen LogP contribution in [0.4, 0.5) is 0 Å². The van der Waals surface area contributed by atoms with Gasteiger partial charge in [-0.3, -0.25) is 9.59 Å². The molecule has 0 bridgehead atoms. The molecule has 0 unspecified atom stereocenters. The van der Waals surface area contributed by atoms with E-state index in [-0.39, 0.29) is 18.4 Å². The summed E-state index contributed by atoms with van der Waals surface area (Å²) in [5.41, 5.74) is 2.64. The number of amides is 2. The van der Waals surface area contributed by atoms with Gasteiger partial charge < -0.3 is 15.4 Å². The van der Waals surface area contributed by atoms with Crippen molar-refractivity contribution in [3.05, 3.63) is 65.2 Å². The standard InChI is InChI=1S/C18H20N2O3/c1-13-6-8-14(9-7-13)11-19-17(21)12-20-18(22)15-4-3-5-16(10-15)23-2/h3-10H,11-12H2,1-2H3,(H,19,21)(H,20,22). The number of hydrogen-bond acceptors (Lipinski definition) is 3. The van der Waals surface area contributed by atoms with Crippen molar-refractivity contribution < 1.29 is 14.3 Å². The van der Waals surface area contributed by atoms with Crippen LogP contribution in [0.5, 0.6) is 5.75 Å². The first-order valence-electron chi connectivity index (χ1n) is 7.33. The van der Waals surface area contributed by atoms with Crippen molar-refractivity contribution >= 4 is 11.8 Å². The lowest BCUT2D eigenvalue weighted by molar-refractivity contribution is -0.120. The van der Waals surface area contributed by atoms with E-state index in [9.17, 15) is 9.59 Å². The summed E-state index contributed by atoms with van der Waals surface area (Å²) in [6, 6.07) is 14.7. The zero-order chi connectivity index (χ0) is 16.7. The molecule has 0 aliphatic carbocycles. The maximum absolute atomic E-state index is 12.0. The van der Waals surface area contributed by atoms with E-state index >= 15 is 0 Å². The second-order valence-electron chi connectivity index (χ2n) is 5.18. The molecule has 0 fully saturated rings. The van der Waals surface area contributed by atoms with Crippen LogP contribution in [-0.4, -0.2) is 25.5 Å². The van der Waals surface area contributed by atoms with Crippen LogP contribution in [0.15, 0.2) is 48.5 Å². The SMILES string of the molecule is COc1cccc(C(=O)NCC(=O)NCc2ccc(C)cc2)c1. The Bertz CT molecular complexity index is 681. The molecule has 0 radical (unpaired) electrons. The first-order chi connectivity index (χ1) is 11.1. The van der Waals surface area contributed by atoms with E-state index in [4.69, 9.17) is 4.74 Å². The van der Waals surface area contributed by atoms with Crippen LogP contribution in [0.2, 0.25) is 0 Å². The third kappa shape index (κ3) is 5.14. The average molecular weight is 312 g/mol. The molecule has 5 heteroatoms. The molecule has 0 saturated carbocycles. The third-order valence-corrected chi connectivity index (χ3v) is 3.35. The maximum atomic E-state index is 12.0. The van der Waals surface area contributed by atoms with E-state index in [0.717, 1.165) is 5.56 Å². The molecule has 2 aromatic carbocycles. The molecule has 0 spiro atoms. The summed E-state index contributed by atoms with van der Waals surface area (Å²) >= 11 is 0. The summed E-state index contributed by atoms with van der Waals surface area (Å²) in [7, 11) is 1.54. The van der Waals surface area contributed by atoms with Gasteiger partial charge in [0.05, 0.1) is 13.7 Å². The Morgan fingerprint density at radius 3 is 2.48 bits per heavy atom. The van der Waals surface area contributed by atoms with Crippen molar-refractivity contribution in [1.82, 2.24) is 10.6 Å². The van der Waals surface area contributed by atoms with Crippen molar-refractivity contribution in [3.63, 3.8) is 0 Å². The largest absolute Gasteiger partial charge is 0.497 e. The van der Waals surface area contributed by atoms with Crippen LogP contribution >= 0.6 is 0 Å². The van der Waals surface area contributed by atoms with E-state index in [1.807, 2.05) is 31.2 Å². The molecule has 120 valence electrons. The molecule has 2 N–H and O–H groups in total. The number of benzene rings is 2. The summed E-state index contributed by atoms with van der Waals surface area (Å²) in [5.74, 6) is 0.0534. The molecule has 2 rings (SSSR count). The maximum Gasteiger partial charge on any atom is 0.251 e. The first kappa shape index (κ1) is 16.5. The van der Waals surface area contributed by atoms with Gasteiger partial charge in [0.15, 0.2) is 0 Å². The van der Waals surface area contributed by atoms with Crippen molar-refractivity contribution in [3.8, 4) is 5.75 Å². The Morgan fingerprint density at radius 2 is 1.78 bits per heavy atom. The number of hydrogen-bond donors (Lipinski definition) is 2. The fraction of sp³-hybridized carbons (Fsp3) is 0.222. The Labute approximate surface area is 135 Å². The topological polar surface area (TPSA) is 67.4 Å². The number of rotatable bonds is 6. The summed E-state index contributed by atoms with van der Waals surface area (Å²) < 4.78 is 5.07. The minimum atomic E-state index is -0.311. The number of carbonyl (C=O) groups is 2. The Kier molecular flexibility index (Phi) is 5.74. The van der Waals surface area contributed by atoms with Crippen LogP contribution in [-0.2, 0) is 11.3 Å². The van der Waals surface area contributed by atoms with Gasteiger partial charge in [0.2, 0.25) is 5.91 Å². The van der Waals surface area contributed by atoms with Crippen LogP contribution in [0, 0.1) is 6.92 Å². The highest BCUT2D eigenvalue weighted by atomic mass is 16.5. The molecular weight excluding hydrogens is 292 g/mol. The van der Waals surface area contributed by atoms with Crippen molar-refractivity contribution in [2.75, 3.05) is 13.7 Å². The van der Waals surface area contributed by atoms with E-state index in [1.165, 1.54) is 12.7 Å². The van der Waals surface area contributed by atoms with Gasteiger partial charge in [0.25, 0.3) is 5.91 Å². The lowest BCUT2D eigenvalue weighted by Crippen LogP contribution is -2.36. The highest BCUT2D eigenvalue weighted by Crippen LogP contribution is 2.12. The van der Waals surface area contributed by atoms with Crippen LogP contribution < -0.4 is 15.4 Å². The molecule has 0 aliphatic rings. The molecule has 2 aromatic rings. The number of carbonyl (C=O) groups excluding carboxylic acids is 2. The summed E-state index contributed by atoms with van der Waals surface area (Å²) in [6.45, 7) is 2.38. The van der Waals surface area contributed by atoms with Crippen molar-refractivity contribution in [2.24, 2.45) is 0 Å². The van der Waals surface area contributed by atoms with Crippen molar-refractivity contribution in [2.45, 2.75) is 13.5 Å². The third-order valence-electron chi connectivity index (χ3n) is 3.35. The van der Waals surface area contributed by atoms with Gasteiger partial charge in [-0.1, -0.05) is 35.9 Å². The fourth-order valence-corrected chi connectivity index (χ4v) is 2.00. The Balaban J connectivity index is 1.79.